The topological polar surface area (TPSA) is 96.7 Å². The summed E-state index contributed by atoms with van der Waals surface area (Å²) in [5.41, 5.74) is 4.32. The van der Waals surface area contributed by atoms with Gasteiger partial charge in [-0.15, -0.1) is 0 Å². The lowest BCUT2D eigenvalue weighted by Crippen LogP contribution is -2.35. The SMILES string of the molecule is N=C(c1ccc(NC(=O)c2ccc3c(c2)CCN(CC(=O)O)C3)cc1)N1CCCCC1. The molecule has 0 bridgehead atoms. The number of hydrogen-bond acceptors (Lipinski definition) is 4. The summed E-state index contributed by atoms with van der Waals surface area (Å²) in [4.78, 5) is 27.7. The van der Waals surface area contributed by atoms with Gasteiger partial charge in [0.2, 0.25) is 0 Å². The second-order valence-corrected chi connectivity index (χ2v) is 8.27. The predicted molar refractivity (Wildman–Crippen MR) is 120 cm³/mol. The molecule has 0 spiro atoms. The van der Waals surface area contributed by atoms with Crippen LogP contribution < -0.4 is 5.32 Å². The Hall–Kier alpha value is -3.19. The van der Waals surface area contributed by atoms with Gasteiger partial charge in [0.15, 0.2) is 0 Å². The molecule has 2 heterocycles. The molecule has 1 fully saturated rings. The van der Waals surface area contributed by atoms with Gasteiger partial charge in [-0.3, -0.25) is 19.9 Å². The molecule has 31 heavy (non-hydrogen) atoms. The van der Waals surface area contributed by atoms with E-state index >= 15 is 0 Å². The largest absolute Gasteiger partial charge is 0.480 e. The number of likely N-dealkylation sites (tertiary alicyclic amines) is 1. The molecule has 1 saturated heterocycles. The van der Waals surface area contributed by atoms with Crippen molar-refractivity contribution < 1.29 is 14.7 Å². The van der Waals surface area contributed by atoms with Crippen LogP contribution in [0.1, 0.15) is 46.3 Å². The highest BCUT2D eigenvalue weighted by Crippen LogP contribution is 2.21. The molecule has 7 nitrogen and oxygen atoms in total. The average molecular weight is 421 g/mol. The number of hydrogen-bond donors (Lipinski definition) is 3. The number of nitrogens with one attached hydrogen (secondary N) is 2. The number of carbonyl (C=O) groups excluding carboxylic acids is 1. The molecular formula is C24H28N4O3. The Morgan fingerprint density at radius 2 is 1.65 bits per heavy atom. The number of anilines is 1. The monoisotopic (exact) mass is 420 g/mol. The highest BCUT2D eigenvalue weighted by molar-refractivity contribution is 6.05. The number of amidine groups is 1. The van der Waals surface area contributed by atoms with Crippen molar-refractivity contribution in [3.05, 3.63) is 64.7 Å². The highest BCUT2D eigenvalue weighted by atomic mass is 16.4. The van der Waals surface area contributed by atoms with E-state index in [0.29, 0.717) is 30.2 Å². The first-order valence-corrected chi connectivity index (χ1v) is 10.8. The number of amides is 1. The number of carbonyl (C=O) groups is 2. The smallest absolute Gasteiger partial charge is 0.317 e. The van der Waals surface area contributed by atoms with E-state index in [9.17, 15) is 9.59 Å². The molecule has 0 atom stereocenters. The van der Waals surface area contributed by atoms with Gasteiger partial charge in [0.1, 0.15) is 5.84 Å². The van der Waals surface area contributed by atoms with Crippen LogP contribution >= 0.6 is 0 Å². The minimum atomic E-state index is -0.823. The lowest BCUT2D eigenvalue weighted by atomic mass is 9.97. The maximum atomic E-state index is 12.7. The van der Waals surface area contributed by atoms with Gasteiger partial charge in [-0.25, -0.2) is 0 Å². The van der Waals surface area contributed by atoms with Gasteiger partial charge >= 0.3 is 5.97 Å². The first-order chi connectivity index (χ1) is 15.0. The number of carboxylic acids is 1. The molecule has 3 N–H and O–H groups in total. The van der Waals surface area contributed by atoms with Crippen molar-refractivity contribution in [3.63, 3.8) is 0 Å². The molecule has 0 aromatic heterocycles. The van der Waals surface area contributed by atoms with Crippen molar-refractivity contribution in [1.29, 1.82) is 5.41 Å². The molecule has 2 aromatic carbocycles. The quantitative estimate of drug-likeness (QED) is 0.510. The predicted octanol–water partition coefficient (Wildman–Crippen LogP) is 3.19. The van der Waals surface area contributed by atoms with Crippen LogP contribution in [0, 0.1) is 5.41 Å². The highest BCUT2D eigenvalue weighted by Gasteiger charge is 2.20. The van der Waals surface area contributed by atoms with Gasteiger partial charge in [0, 0.05) is 43.0 Å². The third-order valence-corrected chi connectivity index (χ3v) is 6.01. The Labute approximate surface area is 182 Å². The van der Waals surface area contributed by atoms with E-state index in [4.69, 9.17) is 10.5 Å². The molecule has 2 aromatic rings. The second kappa shape index (κ2) is 9.31. The van der Waals surface area contributed by atoms with Gasteiger partial charge in [-0.2, -0.15) is 0 Å². The zero-order valence-corrected chi connectivity index (χ0v) is 17.6. The van der Waals surface area contributed by atoms with Gasteiger partial charge < -0.3 is 15.3 Å². The molecule has 1 amide bonds. The molecule has 0 radical (unpaired) electrons. The molecule has 4 rings (SSSR count). The Morgan fingerprint density at radius 1 is 0.935 bits per heavy atom. The number of fused-ring (bicyclic) bond motifs is 1. The maximum Gasteiger partial charge on any atom is 0.317 e. The molecule has 0 aliphatic carbocycles. The van der Waals surface area contributed by atoms with Crippen molar-refractivity contribution >= 4 is 23.4 Å². The number of benzene rings is 2. The van der Waals surface area contributed by atoms with Crippen LogP contribution in [0.2, 0.25) is 0 Å². The molecule has 0 unspecified atom stereocenters. The Kier molecular flexibility index (Phi) is 6.32. The number of carboxylic acid groups (broad SMARTS) is 1. The fraction of sp³-hybridized carbons (Fsp3) is 0.375. The van der Waals surface area contributed by atoms with Crippen LogP contribution in [0.4, 0.5) is 5.69 Å². The first kappa shape index (κ1) is 21.1. The minimum absolute atomic E-state index is 0.0346. The molecule has 0 saturated carbocycles. The lowest BCUT2D eigenvalue weighted by molar-refractivity contribution is -0.138. The van der Waals surface area contributed by atoms with E-state index in [0.717, 1.165) is 49.0 Å². The fourth-order valence-electron chi connectivity index (χ4n) is 4.29. The van der Waals surface area contributed by atoms with Crippen molar-refractivity contribution in [2.75, 3.05) is 31.5 Å². The van der Waals surface area contributed by atoms with Crippen molar-refractivity contribution in [2.45, 2.75) is 32.2 Å². The molecule has 7 heteroatoms. The second-order valence-electron chi connectivity index (χ2n) is 8.27. The number of rotatable bonds is 5. The fourth-order valence-corrected chi connectivity index (χ4v) is 4.29. The summed E-state index contributed by atoms with van der Waals surface area (Å²) < 4.78 is 0. The van der Waals surface area contributed by atoms with Crippen LogP contribution in [-0.2, 0) is 17.8 Å². The normalized spacial score (nSPS) is 16.5. The number of piperidine rings is 1. The Bertz CT molecular complexity index is 981. The molecule has 162 valence electrons. The van der Waals surface area contributed by atoms with Gasteiger partial charge in [0.25, 0.3) is 5.91 Å². The van der Waals surface area contributed by atoms with Gasteiger partial charge in [-0.05, 0) is 73.2 Å². The third kappa shape index (κ3) is 5.11. The van der Waals surface area contributed by atoms with E-state index < -0.39 is 5.97 Å². The summed E-state index contributed by atoms with van der Waals surface area (Å²) in [6, 6.07) is 13.1. The van der Waals surface area contributed by atoms with Crippen LogP contribution in [-0.4, -0.2) is 58.8 Å². The van der Waals surface area contributed by atoms with E-state index in [-0.39, 0.29) is 12.5 Å². The van der Waals surface area contributed by atoms with Crippen molar-refractivity contribution in [1.82, 2.24) is 9.80 Å². The molecular weight excluding hydrogens is 392 g/mol. The minimum Gasteiger partial charge on any atom is -0.480 e. The Balaban J connectivity index is 1.38. The van der Waals surface area contributed by atoms with Crippen LogP contribution in [0.15, 0.2) is 42.5 Å². The molecule has 2 aliphatic heterocycles. The van der Waals surface area contributed by atoms with Gasteiger partial charge in [0.05, 0.1) is 6.54 Å². The Morgan fingerprint density at radius 3 is 2.35 bits per heavy atom. The van der Waals surface area contributed by atoms with E-state index in [1.54, 1.807) is 6.07 Å². The molecule has 2 aliphatic rings. The zero-order chi connectivity index (χ0) is 21.8. The number of aliphatic carboxylic acids is 1. The van der Waals surface area contributed by atoms with Crippen molar-refractivity contribution in [3.8, 4) is 0 Å². The van der Waals surface area contributed by atoms with E-state index in [2.05, 4.69) is 10.2 Å². The summed E-state index contributed by atoms with van der Waals surface area (Å²) in [5, 5.41) is 20.3. The van der Waals surface area contributed by atoms with Crippen LogP contribution in [0.3, 0.4) is 0 Å². The van der Waals surface area contributed by atoms with Crippen LogP contribution in [0.25, 0.3) is 0 Å². The maximum absolute atomic E-state index is 12.7. The summed E-state index contributed by atoms with van der Waals surface area (Å²) in [5.74, 6) is -0.449. The standard InChI is InChI=1S/C24H28N4O3/c25-23(28-11-2-1-3-12-28)17-6-8-21(9-7-17)26-24(31)19-4-5-20-15-27(16-22(29)30)13-10-18(20)14-19/h4-9,14,25H,1-3,10-13,15-16H2,(H,26,31)(H,29,30). The summed E-state index contributed by atoms with van der Waals surface area (Å²) in [6.07, 6.45) is 4.23. The van der Waals surface area contributed by atoms with Gasteiger partial charge in [-0.1, -0.05) is 6.07 Å². The third-order valence-electron chi connectivity index (χ3n) is 6.01. The van der Waals surface area contributed by atoms with E-state index in [1.807, 2.05) is 41.3 Å². The number of nitrogens with zero attached hydrogens (tertiary/aromatic N) is 2. The first-order valence-electron chi connectivity index (χ1n) is 10.8. The lowest BCUT2D eigenvalue weighted by Gasteiger charge is -2.29. The summed E-state index contributed by atoms with van der Waals surface area (Å²) in [7, 11) is 0. The summed E-state index contributed by atoms with van der Waals surface area (Å²) >= 11 is 0. The zero-order valence-electron chi connectivity index (χ0n) is 17.6. The van der Waals surface area contributed by atoms with Crippen molar-refractivity contribution in [2.24, 2.45) is 0 Å². The van der Waals surface area contributed by atoms with E-state index in [1.165, 1.54) is 6.42 Å². The van der Waals surface area contributed by atoms with Crippen LogP contribution in [0.5, 0.6) is 0 Å². The average Bonchev–Trinajstić information content (AvgIpc) is 2.79. The summed E-state index contributed by atoms with van der Waals surface area (Å²) in [6.45, 7) is 3.17.